The van der Waals surface area contributed by atoms with Gasteiger partial charge in [-0.2, -0.15) is 0 Å². The highest BCUT2D eigenvalue weighted by atomic mass is 79.9. The number of nitrogens with one attached hydrogen (secondary N) is 1. The van der Waals surface area contributed by atoms with Gasteiger partial charge in [-0.15, -0.1) is 11.3 Å². The molecule has 0 aliphatic rings. The van der Waals surface area contributed by atoms with Crippen molar-refractivity contribution in [1.29, 1.82) is 0 Å². The highest BCUT2D eigenvalue weighted by molar-refractivity contribution is 9.10. The van der Waals surface area contributed by atoms with Crippen LogP contribution >= 0.6 is 27.3 Å². The fourth-order valence-corrected chi connectivity index (χ4v) is 3.25. The number of imidazole rings is 1. The number of hydrogen-bond donors (Lipinski definition) is 1. The highest BCUT2D eigenvalue weighted by Gasteiger charge is 2.01. The summed E-state index contributed by atoms with van der Waals surface area (Å²) < 4.78 is 3.19. The average molecular weight is 322 g/mol. The largest absolute Gasteiger partial charge is 0.307 e. The van der Waals surface area contributed by atoms with Gasteiger partial charge in [0, 0.05) is 40.2 Å². The Bertz CT molecular complexity index is 626. The molecule has 3 aromatic rings. The lowest BCUT2D eigenvalue weighted by molar-refractivity contribution is 0.690. The van der Waals surface area contributed by atoms with Crippen molar-refractivity contribution in [2.75, 3.05) is 0 Å². The van der Waals surface area contributed by atoms with Crippen LogP contribution in [0.2, 0.25) is 0 Å². The predicted octanol–water partition coefficient (Wildman–Crippen LogP) is 3.45. The van der Waals surface area contributed by atoms with E-state index in [0.717, 1.165) is 28.9 Å². The maximum absolute atomic E-state index is 4.54. The molecule has 0 saturated carbocycles. The van der Waals surface area contributed by atoms with Crippen molar-refractivity contribution in [3.63, 3.8) is 0 Å². The van der Waals surface area contributed by atoms with Gasteiger partial charge in [-0.05, 0) is 34.1 Å². The van der Waals surface area contributed by atoms with Crippen LogP contribution in [0.1, 0.15) is 10.6 Å². The summed E-state index contributed by atoms with van der Waals surface area (Å²) >= 11 is 5.21. The number of hydrogen-bond acceptors (Lipinski definition) is 3. The zero-order valence-electron chi connectivity index (χ0n) is 9.64. The predicted molar refractivity (Wildman–Crippen MR) is 77.8 cm³/mol. The summed E-state index contributed by atoms with van der Waals surface area (Å²) in [6, 6.07) is 8.17. The lowest BCUT2D eigenvalue weighted by atomic mass is 10.4. The number of fused-ring (bicyclic) bond motifs is 1. The Hall–Kier alpha value is -1.17. The van der Waals surface area contributed by atoms with Gasteiger partial charge in [-0.3, -0.25) is 0 Å². The Morgan fingerprint density at radius 2 is 2.28 bits per heavy atom. The second-order valence-corrected chi connectivity index (χ2v) is 5.94. The molecule has 5 heteroatoms. The molecule has 3 aromatic heterocycles. The number of pyridine rings is 1. The third-order valence-corrected chi connectivity index (χ3v) is 4.34. The summed E-state index contributed by atoms with van der Waals surface area (Å²) in [6.45, 7) is 1.67. The fraction of sp³-hybridized carbons (Fsp3) is 0.154. The minimum absolute atomic E-state index is 0.789. The minimum atomic E-state index is 0.789. The summed E-state index contributed by atoms with van der Waals surface area (Å²) in [5, 5.41) is 5.51. The van der Waals surface area contributed by atoms with Crippen LogP contribution < -0.4 is 5.32 Å². The Kier molecular flexibility index (Phi) is 3.45. The molecule has 3 rings (SSSR count). The first-order chi connectivity index (χ1) is 8.81. The Morgan fingerprint density at radius 1 is 1.33 bits per heavy atom. The number of aromatic nitrogens is 2. The lowest BCUT2D eigenvalue weighted by Crippen LogP contribution is -2.11. The van der Waals surface area contributed by atoms with Crippen LogP contribution in [0.3, 0.4) is 0 Å². The van der Waals surface area contributed by atoms with E-state index >= 15 is 0 Å². The van der Waals surface area contributed by atoms with Crippen LogP contribution in [0.15, 0.2) is 46.5 Å². The van der Waals surface area contributed by atoms with E-state index in [4.69, 9.17) is 0 Å². The molecule has 0 bridgehead atoms. The van der Waals surface area contributed by atoms with E-state index in [2.05, 4.69) is 43.9 Å². The molecule has 0 unspecified atom stereocenters. The van der Waals surface area contributed by atoms with Crippen LogP contribution in [0, 0.1) is 0 Å². The highest BCUT2D eigenvalue weighted by Crippen LogP contribution is 2.19. The zero-order valence-corrected chi connectivity index (χ0v) is 12.0. The molecule has 0 radical (unpaired) electrons. The first-order valence-electron chi connectivity index (χ1n) is 5.67. The zero-order chi connectivity index (χ0) is 12.4. The molecule has 0 saturated heterocycles. The van der Waals surface area contributed by atoms with Gasteiger partial charge in [0.2, 0.25) is 0 Å². The van der Waals surface area contributed by atoms with E-state index < -0.39 is 0 Å². The quantitative estimate of drug-likeness (QED) is 0.797. The molecule has 0 aliphatic heterocycles. The Labute approximate surface area is 118 Å². The maximum atomic E-state index is 4.54. The standard InChI is InChI=1S/C13H12BrN3S/c14-10-5-12(18-9-10)7-15-6-11-8-17-4-2-1-3-13(17)16-11/h1-5,8-9,15H,6-7H2. The number of nitrogens with zero attached hydrogens (tertiary/aromatic N) is 2. The Morgan fingerprint density at radius 3 is 3.06 bits per heavy atom. The average Bonchev–Trinajstić information content (AvgIpc) is 2.95. The lowest BCUT2D eigenvalue weighted by Gasteiger charge is -1.99. The minimum Gasteiger partial charge on any atom is -0.307 e. The SMILES string of the molecule is Brc1csc(CNCc2cn3ccccc3n2)c1. The molecule has 0 amide bonds. The molecule has 92 valence electrons. The van der Waals surface area contributed by atoms with Gasteiger partial charge in [0.15, 0.2) is 0 Å². The summed E-state index contributed by atoms with van der Waals surface area (Å²) in [4.78, 5) is 5.87. The van der Waals surface area contributed by atoms with Crippen LogP contribution in [-0.2, 0) is 13.1 Å². The van der Waals surface area contributed by atoms with Crippen molar-refractivity contribution in [2.24, 2.45) is 0 Å². The van der Waals surface area contributed by atoms with E-state index in [9.17, 15) is 0 Å². The van der Waals surface area contributed by atoms with Gasteiger partial charge < -0.3 is 9.72 Å². The molecule has 1 N–H and O–H groups in total. The summed E-state index contributed by atoms with van der Waals surface area (Å²) in [7, 11) is 0. The number of thiophene rings is 1. The maximum Gasteiger partial charge on any atom is 0.137 e. The topological polar surface area (TPSA) is 29.3 Å². The second kappa shape index (κ2) is 5.22. The van der Waals surface area contributed by atoms with E-state index in [1.807, 2.05) is 28.8 Å². The first kappa shape index (κ1) is 11.9. The van der Waals surface area contributed by atoms with Crippen LogP contribution in [0.4, 0.5) is 0 Å². The van der Waals surface area contributed by atoms with Crippen molar-refractivity contribution < 1.29 is 0 Å². The number of halogens is 1. The van der Waals surface area contributed by atoms with Gasteiger partial charge in [0.1, 0.15) is 5.65 Å². The molecule has 3 heterocycles. The summed E-state index contributed by atoms with van der Waals surface area (Å²) in [6.07, 6.45) is 4.08. The van der Waals surface area contributed by atoms with Gasteiger partial charge in [0.05, 0.1) is 5.69 Å². The van der Waals surface area contributed by atoms with Gasteiger partial charge in [-0.25, -0.2) is 4.98 Å². The fourth-order valence-electron chi connectivity index (χ4n) is 1.83. The molecule has 0 spiro atoms. The molecular weight excluding hydrogens is 310 g/mol. The second-order valence-electron chi connectivity index (χ2n) is 4.03. The third kappa shape index (κ3) is 2.63. The normalized spacial score (nSPS) is 11.2. The van der Waals surface area contributed by atoms with Gasteiger partial charge >= 0.3 is 0 Å². The molecule has 0 aromatic carbocycles. The Balaban J connectivity index is 1.62. The monoisotopic (exact) mass is 321 g/mol. The first-order valence-corrected chi connectivity index (χ1v) is 7.35. The van der Waals surface area contributed by atoms with Crippen molar-refractivity contribution in [3.8, 4) is 0 Å². The molecular formula is C13H12BrN3S. The van der Waals surface area contributed by atoms with E-state index in [-0.39, 0.29) is 0 Å². The molecule has 18 heavy (non-hydrogen) atoms. The van der Waals surface area contributed by atoms with E-state index in [0.29, 0.717) is 0 Å². The summed E-state index contributed by atoms with van der Waals surface area (Å²) in [5.74, 6) is 0. The van der Waals surface area contributed by atoms with E-state index in [1.54, 1.807) is 11.3 Å². The van der Waals surface area contributed by atoms with Crippen molar-refractivity contribution in [3.05, 3.63) is 57.1 Å². The van der Waals surface area contributed by atoms with Crippen molar-refractivity contribution in [2.45, 2.75) is 13.1 Å². The molecule has 0 fully saturated rings. The molecule has 0 atom stereocenters. The summed E-state index contributed by atoms with van der Waals surface area (Å²) in [5.41, 5.74) is 2.06. The van der Waals surface area contributed by atoms with Crippen molar-refractivity contribution in [1.82, 2.24) is 14.7 Å². The molecule has 0 aliphatic carbocycles. The van der Waals surface area contributed by atoms with Crippen molar-refractivity contribution >= 4 is 32.9 Å². The third-order valence-electron chi connectivity index (χ3n) is 2.64. The number of rotatable bonds is 4. The van der Waals surface area contributed by atoms with Crippen LogP contribution in [0.25, 0.3) is 5.65 Å². The van der Waals surface area contributed by atoms with Crippen LogP contribution in [0.5, 0.6) is 0 Å². The van der Waals surface area contributed by atoms with E-state index in [1.165, 1.54) is 4.88 Å². The molecule has 3 nitrogen and oxygen atoms in total. The smallest absolute Gasteiger partial charge is 0.137 e. The van der Waals surface area contributed by atoms with Crippen LogP contribution in [-0.4, -0.2) is 9.38 Å². The van der Waals surface area contributed by atoms with Gasteiger partial charge in [-0.1, -0.05) is 6.07 Å². The van der Waals surface area contributed by atoms with Gasteiger partial charge in [0.25, 0.3) is 0 Å².